The number of halogens is 1. The van der Waals surface area contributed by atoms with Gasteiger partial charge in [0, 0.05) is 29.3 Å². The summed E-state index contributed by atoms with van der Waals surface area (Å²) < 4.78 is 2.06. The second-order valence-corrected chi connectivity index (χ2v) is 3.39. The molecule has 0 fully saturated rings. The van der Waals surface area contributed by atoms with Crippen molar-refractivity contribution < 1.29 is 4.79 Å². The van der Waals surface area contributed by atoms with Crippen molar-refractivity contribution in [3.8, 4) is 0 Å². The van der Waals surface area contributed by atoms with Crippen LogP contribution in [-0.2, 0) is 7.05 Å². The first-order chi connectivity index (χ1) is 5.52. The monoisotopic (exact) mass is 229 g/mol. The minimum atomic E-state index is -0.177. The van der Waals surface area contributed by atoms with Gasteiger partial charge >= 0.3 is 0 Å². The van der Waals surface area contributed by atoms with Crippen LogP contribution < -0.4 is 5.56 Å². The molecule has 12 heavy (non-hydrogen) atoms. The van der Waals surface area contributed by atoms with Crippen LogP contribution in [0.15, 0.2) is 21.5 Å². The summed E-state index contributed by atoms with van der Waals surface area (Å²) in [4.78, 5) is 22.0. The van der Waals surface area contributed by atoms with E-state index in [9.17, 15) is 9.59 Å². The van der Waals surface area contributed by atoms with Crippen LogP contribution in [0.25, 0.3) is 0 Å². The molecule has 0 bridgehead atoms. The molecule has 4 heteroatoms. The average Bonchev–Trinajstić information content (AvgIpc) is 1.96. The van der Waals surface area contributed by atoms with Crippen LogP contribution in [0.5, 0.6) is 0 Å². The topological polar surface area (TPSA) is 39.1 Å². The Balaban J connectivity index is 3.43. The van der Waals surface area contributed by atoms with E-state index in [0.717, 1.165) is 0 Å². The lowest BCUT2D eigenvalue weighted by Gasteiger charge is -2.01. The van der Waals surface area contributed by atoms with Crippen molar-refractivity contribution in [1.82, 2.24) is 4.57 Å². The van der Waals surface area contributed by atoms with Gasteiger partial charge in [0.1, 0.15) is 0 Å². The van der Waals surface area contributed by atoms with Gasteiger partial charge in [-0.1, -0.05) is 0 Å². The summed E-state index contributed by atoms with van der Waals surface area (Å²) in [5.41, 5.74) is 0.251. The van der Waals surface area contributed by atoms with Crippen LogP contribution in [0, 0.1) is 0 Å². The van der Waals surface area contributed by atoms with Crippen molar-refractivity contribution >= 4 is 21.7 Å². The molecule has 0 aliphatic heterocycles. The van der Waals surface area contributed by atoms with E-state index >= 15 is 0 Å². The van der Waals surface area contributed by atoms with Crippen LogP contribution >= 0.6 is 15.9 Å². The molecule has 1 heterocycles. The fourth-order valence-corrected chi connectivity index (χ4v) is 1.57. The molecule has 0 aliphatic rings. The molecule has 0 atom stereocenters. The second-order valence-electron chi connectivity index (χ2n) is 2.54. The van der Waals surface area contributed by atoms with E-state index in [4.69, 9.17) is 0 Å². The first-order valence-electron chi connectivity index (χ1n) is 3.39. The Hall–Kier alpha value is -0.900. The highest BCUT2D eigenvalue weighted by molar-refractivity contribution is 9.10. The van der Waals surface area contributed by atoms with Crippen LogP contribution in [0.4, 0.5) is 0 Å². The number of rotatable bonds is 1. The first kappa shape index (κ1) is 9.19. The van der Waals surface area contributed by atoms with Crippen LogP contribution in [0.2, 0.25) is 0 Å². The van der Waals surface area contributed by atoms with Crippen molar-refractivity contribution in [2.45, 2.75) is 6.92 Å². The predicted octanol–water partition coefficient (Wildman–Crippen LogP) is 1.35. The van der Waals surface area contributed by atoms with Crippen LogP contribution in [-0.4, -0.2) is 10.4 Å². The zero-order valence-corrected chi connectivity index (χ0v) is 8.38. The number of hydrogen-bond donors (Lipinski definition) is 0. The molecule has 0 unspecified atom stereocenters. The number of Topliss-reactive ketones (excluding diaryl/α,β-unsaturated/α-hetero) is 1. The lowest BCUT2D eigenvalue weighted by Crippen LogP contribution is -2.17. The van der Waals surface area contributed by atoms with Crippen LogP contribution in [0.1, 0.15) is 17.3 Å². The number of aromatic nitrogens is 1. The maximum atomic E-state index is 11.1. The molecule has 0 saturated carbocycles. The maximum Gasteiger partial charge on any atom is 0.251 e. The number of ketones is 1. The molecular formula is C8H8BrNO2. The lowest BCUT2D eigenvalue weighted by atomic mass is 10.2. The minimum absolute atomic E-state index is 0.112. The molecule has 1 aromatic rings. The number of hydrogen-bond acceptors (Lipinski definition) is 2. The van der Waals surface area contributed by atoms with E-state index in [1.807, 2.05) is 0 Å². The van der Waals surface area contributed by atoms with Gasteiger partial charge in [0.05, 0.1) is 0 Å². The summed E-state index contributed by atoms with van der Waals surface area (Å²) in [7, 11) is 1.64. The van der Waals surface area contributed by atoms with Gasteiger partial charge in [-0.25, -0.2) is 0 Å². The Morgan fingerprint density at radius 2 is 2.17 bits per heavy atom. The van der Waals surface area contributed by atoms with Gasteiger partial charge in [-0.05, 0) is 22.9 Å². The lowest BCUT2D eigenvalue weighted by molar-refractivity contribution is 0.101. The van der Waals surface area contributed by atoms with Crippen molar-refractivity contribution in [2.75, 3.05) is 0 Å². The Labute approximate surface area is 78.1 Å². The SMILES string of the molecule is CC(=O)c1cc(=O)n(C)cc1Br. The van der Waals surface area contributed by atoms with Crippen molar-refractivity contribution in [3.63, 3.8) is 0 Å². The van der Waals surface area contributed by atoms with Gasteiger partial charge in [0.25, 0.3) is 5.56 Å². The Morgan fingerprint density at radius 1 is 1.58 bits per heavy atom. The van der Waals surface area contributed by atoms with Gasteiger partial charge in [0.2, 0.25) is 0 Å². The summed E-state index contributed by atoms with van der Waals surface area (Å²) in [6, 6.07) is 1.33. The fraction of sp³-hybridized carbons (Fsp3) is 0.250. The van der Waals surface area contributed by atoms with E-state index in [1.54, 1.807) is 13.2 Å². The first-order valence-corrected chi connectivity index (χ1v) is 4.19. The Morgan fingerprint density at radius 3 is 2.67 bits per heavy atom. The maximum absolute atomic E-state index is 11.1. The van der Waals surface area contributed by atoms with E-state index in [2.05, 4.69) is 15.9 Å². The van der Waals surface area contributed by atoms with Crippen molar-refractivity contribution in [2.24, 2.45) is 7.05 Å². The van der Waals surface area contributed by atoms with E-state index < -0.39 is 0 Å². The third-order valence-corrected chi connectivity index (χ3v) is 2.19. The average molecular weight is 230 g/mol. The quantitative estimate of drug-likeness (QED) is 0.683. The summed E-state index contributed by atoms with van der Waals surface area (Å²) in [6.07, 6.45) is 1.58. The smallest absolute Gasteiger partial charge is 0.251 e. The highest BCUT2D eigenvalue weighted by Crippen LogP contribution is 2.13. The predicted molar refractivity (Wildman–Crippen MR) is 49.4 cm³/mol. The summed E-state index contributed by atoms with van der Waals surface area (Å²) in [5, 5.41) is 0. The Bertz CT molecular complexity index is 381. The zero-order valence-electron chi connectivity index (χ0n) is 6.80. The molecule has 0 aliphatic carbocycles. The molecule has 0 saturated heterocycles. The zero-order chi connectivity index (χ0) is 9.30. The van der Waals surface area contributed by atoms with E-state index in [0.29, 0.717) is 10.0 Å². The molecule has 0 spiro atoms. The molecule has 0 N–H and O–H groups in total. The second kappa shape index (κ2) is 3.23. The summed E-state index contributed by atoms with van der Waals surface area (Å²) in [5.74, 6) is -0.112. The molecule has 1 rings (SSSR count). The Kier molecular flexibility index (Phi) is 2.47. The number of carbonyl (C=O) groups excluding carboxylic acids is 1. The van der Waals surface area contributed by atoms with Crippen molar-refractivity contribution in [3.05, 3.63) is 32.7 Å². The highest BCUT2D eigenvalue weighted by Gasteiger charge is 2.06. The van der Waals surface area contributed by atoms with E-state index in [1.165, 1.54) is 17.6 Å². The third-order valence-electron chi connectivity index (χ3n) is 1.56. The number of aryl methyl sites for hydroxylation is 1. The largest absolute Gasteiger partial charge is 0.317 e. The highest BCUT2D eigenvalue weighted by atomic mass is 79.9. The third kappa shape index (κ3) is 1.64. The van der Waals surface area contributed by atoms with Gasteiger partial charge < -0.3 is 4.57 Å². The van der Waals surface area contributed by atoms with Gasteiger partial charge in [0.15, 0.2) is 5.78 Å². The molecular weight excluding hydrogens is 222 g/mol. The van der Waals surface area contributed by atoms with Gasteiger partial charge in [-0.3, -0.25) is 9.59 Å². The normalized spacial score (nSPS) is 9.92. The molecule has 64 valence electrons. The minimum Gasteiger partial charge on any atom is -0.317 e. The fourth-order valence-electron chi connectivity index (χ4n) is 0.867. The number of pyridine rings is 1. The number of carbonyl (C=O) groups is 1. The standard InChI is InChI=1S/C8H8BrNO2/c1-5(11)6-3-8(12)10(2)4-7(6)9/h3-4H,1-2H3. The number of nitrogens with zero attached hydrogens (tertiary/aromatic N) is 1. The molecule has 0 aromatic carbocycles. The molecule has 0 radical (unpaired) electrons. The van der Waals surface area contributed by atoms with Gasteiger partial charge in [-0.2, -0.15) is 0 Å². The van der Waals surface area contributed by atoms with Crippen molar-refractivity contribution in [1.29, 1.82) is 0 Å². The summed E-state index contributed by atoms with van der Waals surface area (Å²) in [6.45, 7) is 1.43. The summed E-state index contributed by atoms with van der Waals surface area (Å²) >= 11 is 3.20. The van der Waals surface area contributed by atoms with Crippen LogP contribution in [0.3, 0.4) is 0 Å². The molecule has 1 aromatic heterocycles. The molecule has 3 nitrogen and oxygen atoms in total. The van der Waals surface area contributed by atoms with Gasteiger partial charge in [-0.15, -0.1) is 0 Å². The molecule has 0 amide bonds. The van der Waals surface area contributed by atoms with E-state index in [-0.39, 0.29) is 11.3 Å².